The summed E-state index contributed by atoms with van der Waals surface area (Å²) in [5, 5.41) is 17.5. The van der Waals surface area contributed by atoms with E-state index >= 15 is 0 Å². The average molecular weight is 530 g/mol. The van der Waals surface area contributed by atoms with Gasteiger partial charge in [0, 0.05) is 24.7 Å². The molecule has 1 heterocycles. The van der Waals surface area contributed by atoms with E-state index < -0.39 is 47.9 Å². The molecule has 1 aromatic heterocycles. The van der Waals surface area contributed by atoms with Gasteiger partial charge in [0.25, 0.3) is 0 Å². The number of carboxylic acid groups (broad SMARTS) is 1. The van der Waals surface area contributed by atoms with E-state index in [1.807, 2.05) is 30.3 Å². The zero-order valence-electron chi connectivity index (χ0n) is 21.9. The number of benzene rings is 1. The molecule has 0 aliphatic carbocycles. The largest absolute Gasteiger partial charge is 0.480 e. The monoisotopic (exact) mass is 529 g/mol. The summed E-state index contributed by atoms with van der Waals surface area (Å²) in [7, 11) is 0. The third-order valence-corrected chi connectivity index (χ3v) is 6.06. The predicted octanol–water partition coefficient (Wildman–Crippen LogP) is -0.154. The Labute approximate surface area is 222 Å². The first kappa shape index (κ1) is 30.5. The number of aromatic amines is 1. The molecule has 12 heteroatoms. The first-order valence-electron chi connectivity index (χ1n) is 12.7. The zero-order chi connectivity index (χ0) is 28.1. The molecule has 0 saturated heterocycles. The second-order valence-electron chi connectivity index (χ2n) is 9.55. The molecule has 38 heavy (non-hydrogen) atoms. The Balaban J connectivity index is 2.15. The Kier molecular flexibility index (Phi) is 12.4. The van der Waals surface area contributed by atoms with Crippen LogP contribution in [0.15, 0.2) is 42.9 Å². The van der Waals surface area contributed by atoms with Gasteiger partial charge in [0.05, 0.1) is 12.4 Å². The van der Waals surface area contributed by atoms with Gasteiger partial charge in [-0.2, -0.15) is 0 Å². The molecule has 12 nitrogen and oxygen atoms in total. The van der Waals surface area contributed by atoms with E-state index in [9.17, 15) is 24.3 Å². The molecule has 2 rings (SSSR count). The highest BCUT2D eigenvalue weighted by atomic mass is 16.4. The maximum Gasteiger partial charge on any atom is 0.326 e. The van der Waals surface area contributed by atoms with Gasteiger partial charge in [0.2, 0.25) is 17.7 Å². The van der Waals surface area contributed by atoms with Crippen LogP contribution in [0.3, 0.4) is 0 Å². The fourth-order valence-corrected chi connectivity index (χ4v) is 3.84. The van der Waals surface area contributed by atoms with E-state index in [1.165, 1.54) is 12.5 Å². The standard InChI is InChI=1S/C26H39N7O5/c1-16(2)22(25(36)32-21(26(37)38)13-18-14-29-15-30-18)33-24(35)20(12-17-8-4-3-5-9-17)31-23(34)19(28)10-6-7-11-27/h3-5,8-9,14-16,19-22H,6-7,10-13,27-28H2,1-2H3,(H,29,30)(H,31,34)(H,32,36)(H,33,35)(H,37,38). The molecule has 208 valence electrons. The van der Waals surface area contributed by atoms with Gasteiger partial charge in [-0.15, -0.1) is 0 Å². The van der Waals surface area contributed by atoms with Crippen LogP contribution in [0.2, 0.25) is 0 Å². The van der Waals surface area contributed by atoms with Crippen LogP contribution < -0.4 is 27.4 Å². The van der Waals surface area contributed by atoms with Crippen LogP contribution >= 0.6 is 0 Å². The summed E-state index contributed by atoms with van der Waals surface area (Å²) in [6.07, 6.45) is 4.90. The number of nitrogens with two attached hydrogens (primary N) is 2. The molecule has 0 aliphatic rings. The van der Waals surface area contributed by atoms with E-state index in [0.717, 1.165) is 12.0 Å². The Morgan fingerprint density at radius 1 is 0.947 bits per heavy atom. The van der Waals surface area contributed by atoms with Crippen LogP contribution in [0.1, 0.15) is 44.4 Å². The topological polar surface area (TPSA) is 205 Å². The lowest BCUT2D eigenvalue weighted by Gasteiger charge is -2.27. The maximum atomic E-state index is 13.4. The van der Waals surface area contributed by atoms with Crippen LogP contribution in [0.4, 0.5) is 0 Å². The number of nitrogens with one attached hydrogen (secondary N) is 4. The SMILES string of the molecule is CC(C)C(NC(=O)C(Cc1ccccc1)NC(=O)C(N)CCCCN)C(=O)NC(Cc1cnc[nH]1)C(=O)O. The van der Waals surface area contributed by atoms with E-state index in [-0.39, 0.29) is 18.8 Å². The van der Waals surface area contributed by atoms with Crippen molar-refractivity contribution >= 4 is 23.7 Å². The molecule has 0 radical (unpaired) electrons. The number of hydrogen-bond donors (Lipinski definition) is 7. The molecule has 9 N–H and O–H groups in total. The lowest BCUT2D eigenvalue weighted by atomic mass is 10.00. The van der Waals surface area contributed by atoms with Crippen LogP contribution in [0, 0.1) is 5.92 Å². The summed E-state index contributed by atoms with van der Waals surface area (Å²) >= 11 is 0. The van der Waals surface area contributed by atoms with Crippen molar-refractivity contribution in [1.82, 2.24) is 25.9 Å². The van der Waals surface area contributed by atoms with E-state index in [0.29, 0.717) is 25.1 Å². The van der Waals surface area contributed by atoms with Crippen molar-refractivity contribution < 1.29 is 24.3 Å². The van der Waals surface area contributed by atoms with Gasteiger partial charge in [0.1, 0.15) is 18.1 Å². The summed E-state index contributed by atoms with van der Waals surface area (Å²) in [5.41, 5.74) is 12.9. The molecule has 4 unspecified atom stereocenters. The molecule has 4 atom stereocenters. The molecule has 3 amide bonds. The second kappa shape index (κ2) is 15.5. The van der Waals surface area contributed by atoms with Gasteiger partial charge in [-0.1, -0.05) is 50.6 Å². The van der Waals surface area contributed by atoms with Crippen LogP contribution in [0.25, 0.3) is 0 Å². The maximum absolute atomic E-state index is 13.4. The quantitative estimate of drug-likeness (QED) is 0.145. The third kappa shape index (κ3) is 9.94. The van der Waals surface area contributed by atoms with Crippen molar-refractivity contribution in [3.05, 3.63) is 54.1 Å². The number of aliphatic carboxylic acids is 1. The van der Waals surface area contributed by atoms with E-state index in [2.05, 4.69) is 25.9 Å². The average Bonchev–Trinajstić information content (AvgIpc) is 3.39. The molecule has 0 bridgehead atoms. The number of hydrogen-bond acceptors (Lipinski definition) is 7. The second-order valence-corrected chi connectivity index (χ2v) is 9.55. The highest BCUT2D eigenvalue weighted by Crippen LogP contribution is 2.09. The molecular weight excluding hydrogens is 490 g/mol. The van der Waals surface area contributed by atoms with Gasteiger partial charge in [-0.25, -0.2) is 9.78 Å². The summed E-state index contributed by atoms with van der Waals surface area (Å²) in [4.78, 5) is 57.7. The number of carboxylic acids is 1. The minimum Gasteiger partial charge on any atom is -0.480 e. The lowest BCUT2D eigenvalue weighted by molar-refractivity contribution is -0.142. The highest BCUT2D eigenvalue weighted by molar-refractivity contribution is 5.94. The van der Waals surface area contributed by atoms with Crippen LogP contribution in [-0.4, -0.2) is 69.5 Å². The molecule has 0 saturated carbocycles. The number of carbonyl (C=O) groups excluding carboxylic acids is 3. The zero-order valence-corrected chi connectivity index (χ0v) is 21.9. The Morgan fingerprint density at radius 3 is 2.21 bits per heavy atom. The Bertz CT molecular complexity index is 1030. The third-order valence-electron chi connectivity index (χ3n) is 6.06. The number of nitrogens with zero attached hydrogens (tertiary/aromatic N) is 1. The van der Waals surface area contributed by atoms with Gasteiger partial charge in [0.15, 0.2) is 0 Å². The smallest absolute Gasteiger partial charge is 0.326 e. The van der Waals surface area contributed by atoms with Crippen molar-refractivity contribution in [3.8, 4) is 0 Å². The Morgan fingerprint density at radius 2 is 1.63 bits per heavy atom. The minimum atomic E-state index is -1.23. The van der Waals surface area contributed by atoms with Crippen molar-refractivity contribution in [2.45, 2.75) is 70.1 Å². The summed E-state index contributed by atoms with van der Waals surface area (Å²) in [6, 6.07) is 5.05. The van der Waals surface area contributed by atoms with Crippen molar-refractivity contribution in [2.24, 2.45) is 17.4 Å². The summed E-state index contributed by atoms with van der Waals surface area (Å²) in [6.45, 7) is 3.96. The number of H-pyrrole nitrogens is 1. The van der Waals surface area contributed by atoms with Crippen molar-refractivity contribution in [2.75, 3.05) is 6.54 Å². The van der Waals surface area contributed by atoms with Crippen molar-refractivity contribution in [3.63, 3.8) is 0 Å². The van der Waals surface area contributed by atoms with Crippen LogP contribution in [0.5, 0.6) is 0 Å². The van der Waals surface area contributed by atoms with E-state index in [4.69, 9.17) is 11.5 Å². The predicted molar refractivity (Wildman–Crippen MR) is 142 cm³/mol. The molecule has 2 aromatic rings. The number of amides is 3. The van der Waals surface area contributed by atoms with Crippen molar-refractivity contribution in [1.29, 1.82) is 0 Å². The number of carbonyl (C=O) groups is 4. The lowest BCUT2D eigenvalue weighted by Crippen LogP contribution is -2.59. The normalized spacial score (nSPS) is 14.2. The van der Waals surface area contributed by atoms with Crippen LogP contribution in [-0.2, 0) is 32.0 Å². The first-order chi connectivity index (χ1) is 18.1. The van der Waals surface area contributed by atoms with Gasteiger partial charge < -0.3 is 37.5 Å². The molecular formula is C26H39N7O5. The fourth-order valence-electron chi connectivity index (χ4n) is 3.84. The van der Waals surface area contributed by atoms with Gasteiger partial charge in [-0.05, 0) is 30.9 Å². The molecule has 0 fully saturated rings. The highest BCUT2D eigenvalue weighted by Gasteiger charge is 2.32. The van der Waals surface area contributed by atoms with Gasteiger partial charge in [-0.3, -0.25) is 14.4 Å². The number of rotatable bonds is 16. The molecule has 0 aliphatic heterocycles. The molecule has 1 aromatic carbocycles. The summed E-state index contributed by atoms with van der Waals surface area (Å²) < 4.78 is 0. The number of unbranched alkanes of at least 4 members (excludes halogenated alkanes) is 1. The first-order valence-corrected chi connectivity index (χ1v) is 12.7. The van der Waals surface area contributed by atoms with Gasteiger partial charge >= 0.3 is 5.97 Å². The minimum absolute atomic E-state index is 0.00539. The Hall–Kier alpha value is -3.77. The molecule has 0 spiro atoms. The fraction of sp³-hybridized carbons (Fsp3) is 0.500. The number of aromatic nitrogens is 2. The number of imidazole rings is 1. The summed E-state index contributed by atoms with van der Waals surface area (Å²) in [5.74, 6) is -3.30. The van der Waals surface area contributed by atoms with E-state index in [1.54, 1.807) is 13.8 Å².